The maximum atomic E-state index is 11.5. The lowest BCUT2D eigenvalue weighted by Crippen LogP contribution is -2.07. The Kier molecular flexibility index (Phi) is 5.51. The number of aromatic carboxylic acids is 1. The van der Waals surface area contributed by atoms with Gasteiger partial charge in [-0.3, -0.25) is 0 Å². The van der Waals surface area contributed by atoms with E-state index in [1.807, 2.05) is 18.4 Å². The van der Waals surface area contributed by atoms with Gasteiger partial charge in [0, 0.05) is 17.4 Å². The summed E-state index contributed by atoms with van der Waals surface area (Å²) in [4.78, 5) is 20.6. The Hall–Kier alpha value is -3.44. The molecule has 0 bridgehead atoms. The number of hydrogen-bond donors (Lipinski definition) is 2. The van der Waals surface area contributed by atoms with E-state index >= 15 is 0 Å². The second-order valence-corrected chi connectivity index (χ2v) is 9.70. The Morgan fingerprint density at radius 3 is 2.70 bits per heavy atom. The Morgan fingerprint density at radius 2 is 2.03 bits per heavy atom. The summed E-state index contributed by atoms with van der Waals surface area (Å²) in [5.41, 5.74) is 6.17. The lowest BCUT2D eigenvalue weighted by Gasteiger charge is -2.10. The molecule has 0 fully saturated rings. The third kappa shape index (κ3) is 3.83. The maximum absolute atomic E-state index is 11.5. The van der Waals surface area contributed by atoms with Crippen LogP contribution in [0.15, 0.2) is 39.5 Å². The van der Waals surface area contributed by atoms with Crippen LogP contribution >= 0.6 is 27.3 Å². The summed E-state index contributed by atoms with van der Waals surface area (Å²) in [5.74, 6) is 0.359. The summed E-state index contributed by atoms with van der Waals surface area (Å²) < 4.78 is 2.94. The number of tetrazole rings is 1. The second kappa shape index (κ2) is 8.49. The number of fused-ring (bicyclic) bond motifs is 1. The third-order valence-electron chi connectivity index (χ3n) is 5.43. The first-order valence-corrected chi connectivity index (χ1v) is 11.8. The first-order chi connectivity index (χ1) is 16.0. The van der Waals surface area contributed by atoms with Crippen molar-refractivity contribution in [3.05, 3.63) is 62.1 Å². The lowest BCUT2D eigenvalue weighted by molar-refractivity contribution is 0.0690. The number of hydrogen-bond acceptors (Lipinski definition) is 7. The Labute approximate surface area is 200 Å². The van der Waals surface area contributed by atoms with Crippen LogP contribution in [0.3, 0.4) is 0 Å². The molecule has 166 valence electrons. The van der Waals surface area contributed by atoms with Gasteiger partial charge < -0.3 is 9.67 Å². The van der Waals surface area contributed by atoms with E-state index in [1.165, 1.54) is 0 Å². The number of aryl methyl sites for hydroxylation is 2. The summed E-state index contributed by atoms with van der Waals surface area (Å²) in [6.07, 6.45) is 0.716. The van der Waals surface area contributed by atoms with Crippen molar-refractivity contribution in [1.29, 1.82) is 0 Å². The smallest absolute Gasteiger partial charge is 0.354 e. The summed E-state index contributed by atoms with van der Waals surface area (Å²) in [6, 6.07) is 9.79. The van der Waals surface area contributed by atoms with Crippen molar-refractivity contribution in [3.63, 3.8) is 0 Å². The Bertz CT molecular complexity index is 1470. The summed E-state index contributed by atoms with van der Waals surface area (Å²) in [5, 5.41) is 25.9. The van der Waals surface area contributed by atoms with Crippen LogP contribution in [-0.2, 0) is 13.0 Å². The molecular formula is C22H18BrN7O2S. The van der Waals surface area contributed by atoms with Crippen molar-refractivity contribution >= 4 is 44.4 Å². The number of nitrogens with one attached hydrogen (secondary N) is 1. The average Bonchev–Trinajstić information content (AvgIpc) is 3.53. The molecular weight excluding hydrogens is 506 g/mol. The zero-order valence-electron chi connectivity index (χ0n) is 17.7. The van der Waals surface area contributed by atoms with E-state index < -0.39 is 5.97 Å². The normalized spacial score (nSPS) is 11.4. The largest absolute Gasteiger partial charge is 0.477 e. The standard InChI is InChI=1S/C22H18BrN7O2S/c1-3-16-25-18-11(2)8-15(22(31)32)24-21(18)30(16)9-12-4-6-13(7-5-12)14-10-33-19(23)17(14)20-26-28-29-27-20/h4-8,10H,3,9H2,1-2H3,(H,31,32)(H,26,27,28,29). The highest BCUT2D eigenvalue weighted by Crippen LogP contribution is 2.40. The van der Waals surface area contributed by atoms with E-state index in [1.54, 1.807) is 17.4 Å². The van der Waals surface area contributed by atoms with Crippen LogP contribution in [0.5, 0.6) is 0 Å². The number of halogens is 1. The Morgan fingerprint density at radius 1 is 1.24 bits per heavy atom. The molecule has 5 rings (SSSR count). The molecule has 0 amide bonds. The quantitative estimate of drug-likeness (QED) is 0.330. The fraction of sp³-hybridized carbons (Fsp3) is 0.182. The number of nitrogens with zero attached hydrogens (tertiary/aromatic N) is 6. The number of thiophene rings is 1. The van der Waals surface area contributed by atoms with Crippen LogP contribution in [0.4, 0.5) is 0 Å². The molecule has 0 spiro atoms. The van der Waals surface area contributed by atoms with Gasteiger partial charge >= 0.3 is 5.97 Å². The first kappa shape index (κ1) is 21.4. The number of carboxylic acid groups (broad SMARTS) is 1. The minimum atomic E-state index is -1.05. The van der Waals surface area contributed by atoms with Crippen LogP contribution in [0.25, 0.3) is 33.7 Å². The van der Waals surface area contributed by atoms with Gasteiger partial charge in [0.25, 0.3) is 0 Å². The summed E-state index contributed by atoms with van der Waals surface area (Å²) in [7, 11) is 0. The zero-order chi connectivity index (χ0) is 23.1. The van der Waals surface area contributed by atoms with Crippen LogP contribution in [0.2, 0.25) is 0 Å². The van der Waals surface area contributed by atoms with Gasteiger partial charge in [0.15, 0.2) is 11.3 Å². The molecule has 11 heteroatoms. The molecule has 0 aliphatic carbocycles. The van der Waals surface area contributed by atoms with Crippen molar-refractivity contribution in [3.8, 4) is 22.5 Å². The van der Waals surface area contributed by atoms with E-state index in [-0.39, 0.29) is 5.69 Å². The topological polar surface area (TPSA) is 122 Å². The summed E-state index contributed by atoms with van der Waals surface area (Å²) >= 11 is 5.16. The van der Waals surface area contributed by atoms with Gasteiger partial charge in [-0.05, 0) is 50.8 Å². The van der Waals surface area contributed by atoms with E-state index in [4.69, 9.17) is 4.98 Å². The lowest BCUT2D eigenvalue weighted by atomic mass is 10.0. The molecule has 4 aromatic heterocycles. The van der Waals surface area contributed by atoms with E-state index in [0.29, 0.717) is 24.4 Å². The van der Waals surface area contributed by atoms with Crippen LogP contribution < -0.4 is 0 Å². The number of carbonyl (C=O) groups is 1. The van der Waals surface area contributed by atoms with Crippen molar-refractivity contribution in [2.45, 2.75) is 26.8 Å². The minimum absolute atomic E-state index is 0.0242. The van der Waals surface area contributed by atoms with Crippen molar-refractivity contribution in [2.24, 2.45) is 0 Å². The van der Waals surface area contributed by atoms with Gasteiger partial charge in [0.2, 0.25) is 5.82 Å². The number of aromatic amines is 1. The van der Waals surface area contributed by atoms with Gasteiger partial charge in [0.05, 0.1) is 15.9 Å². The van der Waals surface area contributed by atoms with Crippen molar-refractivity contribution in [1.82, 2.24) is 35.2 Å². The third-order valence-corrected chi connectivity index (χ3v) is 7.15. The van der Waals surface area contributed by atoms with Crippen molar-refractivity contribution < 1.29 is 9.90 Å². The summed E-state index contributed by atoms with van der Waals surface area (Å²) in [6.45, 7) is 4.44. The Balaban J connectivity index is 1.52. The molecule has 0 aliphatic heterocycles. The molecule has 0 saturated heterocycles. The number of aromatic nitrogens is 7. The predicted octanol–water partition coefficient (Wildman–Crippen LogP) is 4.72. The zero-order valence-corrected chi connectivity index (χ0v) is 20.1. The van der Waals surface area contributed by atoms with Crippen LogP contribution in [0.1, 0.15) is 34.4 Å². The highest BCUT2D eigenvalue weighted by Gasteiger charge is 2.19. The minimum Gasteiger partial charge on any atom is -0.477 e. The SMILES string of the molecule is CCc1nc2c(C)cc(C(=O)O)nc2n1Cc1ccc(-c2csc(Br)c2-c2nn[nH]n2)cc1. The van der Waals surface area contributed by atoms with Gasteiger partial charge in [0.1, 0.15) is 11.3 Å². The average molecular weight is 524 g/mol. The molecule has 4 heterocycles. The maximum Gasteiger partial charge on any atom is 0.354 e. The monoisotopic (exact) mass is 523 g/mol. The number of rotatable bonds is 6. The van der Waals surface area contributed by atoms with Gasteiger partial charge in [-0.15, -0.1) is 21.5 Å². The molecule has 0 unspecified atom stereocenters. The molecule has 0 radical (unpaired) electrons. The molecule has 0 atom stereocenters. The molecule has 1 aromatic carbocycles. The number of imidazole rings is 1. The van der Waals surface area contributed by atoms with Crippen LogP contribution in [0, 0.1) is 6.92 Å². The number of H-pyrrole nitrogens is 1. The van der Waals surface area contributed by atoms with Gasteiger partial charge in [-0.1, -0.05) is 31.2 Å². The fourth-order valence-corrected chi connectivity index (χ4v) is 5.29. The first-order valence-electron chi connectivity index (χ1n) is 10.2. The number of pyridine rings is 1. The van der Waals surface area contributed by atoms with E-state index in [9.17, 15) is 9.90 Å². The molecule has 5 aromatic rings. The highest BCUT2D eigenvalue weighted by molar-refractivity contribution is 9.11. The second-order valence-electron chi connectivity index (χ2n) is 7.50. The molecule has 33 heavy (non-hydrogen) atoms. The van der Waals surface area contributed by atoms with E-state index in [2.05, 4.69) is 71.2 Å². The molecule has 2 N–H and O–H groups in total. The van der Waals surface area contributed by atoms with E-state index in [0.717, 1.165) is 42.9 Å². The molecule has 9 nitrogen and oxygen atoms in total. The molecule has 0 aliphatic rings. The number of benzene rings is 1. The molecule has 0 saturated carbocycles. The highest BCUT2D eigenvalue weighted by atomic mass is 79.9. The van der Waals surface area contributed by atoms with Crippen molar-refractivity contribution in [2.75, 3.05) is 0 Å². The van der Waals surface area contributed by atoms with Crippen LogP contribution in [-0.4, -0.2) is 46.2 Å². The van der Waals surface area contributed by atoms with Gasteiger partial charge in [-0.25, -0.2) is 14.8 Å². The predicted molar refractivity (Wildman–Crippen MR) is 128 cm³/mol. The number of carboxylic acids is 1. The van der Waals surface area contributed by atoms with Gasteiger partial charge in [-0.2, -0.15) is 5.21 Å². The fourth-order valence-electron chi connectivity index (χ4n) is 3.83.